The summed E-state index contributed by atoms with van der Waals surface area (Å²) in [6.45, 7) is 5.83. The van der Waals surface area contributed by atoms with Gasteiger partial charge in [-0.05, 0) is 20.8 Å². The topological polar surface area (TPSA) is 106 Å². The zero-order chi connectivity index (χ0) is 15.5. The summed E-state index contributed by atoms with van der Waals surface area (Å²) in [5.74, 6) is -0.908. The van der Waals surface area contributed by atoms with Crippen molar-refractivity contribution in [2.75, 3.05) is 13.2 Å². The first-order valence-corrected chi connectivity index (χ1v) is 8.19. The van der Waals surface area contributed by atoms with Crippen LogP contribution >= 0.6 is 0 Å². The highest BCUT2D eigenvalue weighted by Crippen LogP contribution is 2.50. The molecule has 3 heterocycles. The molecule has 120 valence electrons. The molecule has 3 aliphatic rings. The van der Waals surface area contributed by atoms with Crippen LogP contribution in [0.5, 0.6) is 0 Å². The van der Waals surface area contributed by atoms with Gasteiger partial charge in [-0.15, -0.1) is 0 Å². The van der Waals surface area contributed by atoms with E-state index in [0.29, 0.717) is 6.61 Å². The predicted octanol–water partition coefficient (Wildman–Crippen LogP) is -0.202. The predicted molar refractivity (Wildman–Crippen MR) is 70.2 cm³/mol. The second kappa shape index (κ2) is 4.64. The average Bonchev–Trinajstić information content (AvgIpc) is 2.87. The molecule has 9 heteroatoms. The number of rotatable bonds is 3. The lowest BCUT2D eigenvalue weighted by molar-refractivity contribution is -0.226. The second-order valence-electron chi connectivity index (χ2n) is 5.65. The van der Waals surface area contributed by atoms with Crippen molar-refractivity contribution in [1.82, 2.24) is 0 Å². The number of hydrogen-bond donors (Lipinski definition) is 1. The van der Waals surface area contributed by atoms with Crippen LogP contribution in [0.25, 0.3) is 0 Å². The lowest BCUT2D eigenvalue weighted by Crippen LogP contribution is -2.54. The van der Waals surface area contributed by atoms with Crippen LogP contribution in [0.4, 0.5) is 0 Å². The van der Waals surface area contributed by atoms with Gasteiger partial charge < -0.3 is 24.7 Å². The molecule has 4 atom stereocenters. The zero-order valence-corrected chi connectivity index (χ0v) is 12.9. The molecule has 3 aliphatic heterocycles. The number of nitrogens with two attached hydrogens (primary N) is 1. The lowest BCUT2D eigenvalue weighted by Gasteiger charge is -2.33. The Labute approximate surface area is 123 Å². The molecule has 0 aliphatic carbocycles. The Morgan fingerprint density at radius 2 is 2.10 bits per heavy atom. The summed E-state index contributed by atoms with van der Waals surface area (Å²) in [5, 5.41) is 0.895. The van der Waals surface area contributed by atoms with Gasteiger partial charge in [0.15, 0.2) is 23.8 Å². The monoisotopic (exact) mass is 321 g/mol. The molecule has 0 aromatic rings. The van der Waals surface area contributed by atoms with Crippen molar-refractivity contribution in [3.05, 3.63) is 11.1 Å². The highest BCUT2D eigenvalue weighted by Gasteiger charge is 2.69. The molecule has 2 N–H and O–H groups in total. The maximum absolute atomic E-state index is 11.8. The number of ether oxygens (including phenoxy) is 4. The van der Waals surface area contributed by atoms with E-state index in [-0.39, 0.29) is 12.3 Å². The summed E-state index contributed by atoms with van der Waals surface area (Å²) in [7, 11) is -3.88. The summed E-state index contributed by atoms with van der Waals surface area (Å²) < 4.78 is 51.4. The molecule has 0 aromatic heterocycles. The molecular formula is C12H19NO7S. The van der Waals surface area contributed by atoms with Crippen molar-refractivity contribution in [1.29, 1.82) is 0 Å². The van der Waals surface area contributed by atoms with Crippen molar-refractivity contribution in [3.63, 3.8) is 0 Å². The first-order chi connectivity index (χ1) is 9.70. The maximum atomic E-state index is 11.8. The van der Waals surface area contributed by atoms with Gasteiger partial charge in [-0.2, -0.15) is 8.42 Å². The Morgan fingerprint density at radius 3 is 2.67 bits per heavy atom. The van der Waals surface area contributed by atoms with Crippen molar-refractivity contribution >= 4 is 10.1 Å². The van der Waals surface area contributed by atoms with E-state index >= 15 is 0 Å². The van der Waals surface area contributed by atoms with Crippen LogP contribution in [0.3, 0.4) is 0 Å². The van der Waals surface area contributed by atoms with Crippen LogP contribution in [0.2, 0.25) is 0 Å². The van der Waals surface area contributed by atoms with E-state index in [1.54, 1.807) is 13.8 Å². The first kappa shape index (κ1) is 15.2. The van der Waals surface area contributed by atoms with Gasteiger partial charge in [-0.1, -0.05) is 0 Å². The molecule has 8 nitrogen and oxygen atoms in total. The Balaban J connectivity index is 1.98. The van der Waals surface area contributed by atoms with Gasteiger partial charge in [0.05, 0.1) is 17.7 Å². The minimum absolute atomic E-state index is 0.0426. The number of hydrogen-bond acceptors (Lipinski definition) is 8. The highest BCUT2D eigenvalue weighted by atomic mass is 32.2. The van der Waals surface area contributed by atoms with Gasteiger partial charge in [-0.25, -0.2) is 4.18 Å². The van der Waals surface area contributed by atoms with E-state index < -0.39 is 40.0 Å². The van der Waals surface area contributed by atoms with Crippen LogP contribution in [-0.2, 0) is 33.2 Å². The summed E-state index contributed by atoms with van der Waals surface area (Å²) >= 11 is 0. The fourth-order valence-corrected chi connectivity index (χ4v) is 4.14. The van der Waals surface area contributed by atoms with E-state index in [1.165, 1.54) is 0 Å². The maximum Gasteiger partial charge on any atom is 0.292 e. The third-order valence-electron chi connectivity index (χ3n) is 3.71. The van der Waals surface area contributed by atoms with Crippen molar-refractivity contribution < 1.29 is 31.5 Å². The lowest BCUT2D eigenvalue weighted by atomic mass is 9.90. The molecular weight excluding hydrogens is 302 g/mol. The first-order valence-electron chi connectivity index (χ1n) is 6.72. The van der Waals surface area contributed by atoms with Gasteiger partial charge >= 0.3 is 0 Å². The van der Waals surface area contributed by atoms with Crippen LogP contribution in [0.1, 0.15) is 20.8 Å². The smallest absolute Gasteiger partial charge is 0.292 e. The van der Waals surface area contributed by atoms with Crippen LogP contribution < -0.4 is 5.73 Å². The summed E-state index contributed by atoms with van der Waals surface area (Å²) in [6.07, 6.45) is -2.26. The molecule has 1 spiro atoms. The fraction of sp³-hybridized carbons (Fsp3) is 0.833. The highest BCUT2D eigenvalue weighted by molar-refractivity contribution is 7.90. The summed E-state index contributed by atoms with van der Waals surface area (Å²) in [5.41, 5.74) is 4.55. The van der Waals surface area contributed by atoms with Crippen molar-refractivity contribution in [2.24, 2.45) is 5.73 Å². The van der Waals surface area contributed by atoms with Gasteiger partial charge in [-0.3, -0.25) is 0 Å². The minimum atomic E-state index is -3.88. The molecule has 3 rings (SSSR count). The average molecular weight is 321 g/mol. The van der Waals surface area contributed by atoms with E-state index in [1.807, 2.05) is 6.92 Å². The quantitative estimate of drug-likeness (QED) is 0.712. The molecule has 0 saturated carbocycles. The Bertz CT molecular complexity index is 572. The minimum Gasteiger partial charge on any atom is -0.399 e. The molecule has 0 radical (unpaired) electrons. The molecule has 2 fully saturated rings. The molecule has 0 amide bonds. The van der Waals surface area contributed by atoms with Crippen molar-refractivity contribution in [2.45, 2.75) is 50.7 Å². The molecule has 0 bridgehead atoms. The Morgan fingerprint density at radius 1 is 1.38 bits per heavy atom. The van der Waals surface area contributed by atoms with Crippen molar-refractivity contribution in [3.8, 4) is 0 Å². The van der Waals surface area contributed by atoms with Crippen LogP contribution in [0, 0.1) is 0 Å². The van der Waals surface area contributed by atoms with Crippen LogP contribution in [0.15, 0.2) is 11.1 Å². The number of fused-ring (bicyclic) bond motifs is 2. The molecule has 0 aromatic carbocycles. The van der Waals surface area contributed by atoms with Gasteiger partial charge in [0.25, 0.3) is 10.1 Å². The van der Waals surface area contributed by atoms with E-state index in [9.17, 15) is 8.42 Å². The van der Waals surface area contributed by atoms with Gasteiger partial charge in [0.1, 0.15) is 6.10 Å². The Kier molecular flexibility index (Phi) is 3.36. The zero-order valence-electron chi connectivity index (χ0n) is 12.1. The SMILES string of the molecule is CCOC[C@H]1O[C@@H]2OC(C)(C)O[C@@H]2[C@]12OS(=O)(=O)C=C2N. The second-order valence-corrected chi connectivity index (χ2v) is 7.04. The van der Waals surface area contributed by atoms with Gasteiger partial charge in [0, 0.05) is 6.61 Å². The standard InChI is InChI=1S/C12H19NO7S/c1-4-16-5-8-12(7(13)6-21(14,15)20-12)9-10(17-8)19-11(2,3)18-9/h6,8-10H,4-5,13H2,1-3H3/t8-,9+,10-,12-/m1/s1. The summed E-state index contributed by atoms with van der Waals surface area (Å²) in [6, 6.07) is 0. The van der Waals surface area contributed by atoms with Gasteiger partial charge in [0.2, 0.25) is 0 Å². The largest absolute Gasteiger partial charge is 0.399 e. The van der Waals surface area contributed by atoms with E-state index in [0.717, 1.165) is 5.41 Å². The Hall–Kier alpha value is -0.710. The van der Waals surface area contributed by atoms with E-state index in [4.69, 9.17) is 28.9 Å². The third-order valence-corrected chi connectivity index (χ3v) is 4.76. The molecule has 21 heavy (non-hydrogen) atoms. The van der Waals surface area contributed by atoms with E-state index in [2.05, 4.69) is 0 Å². The normalized spacial score (nSPS) is 43.2. The molecule has 0 unspecified atom stereocenters. The molecule has 2 saturated heterocycles. The fourth-order valence-electron chi connectivity index (χ4n) is 2.92. The summed E-state index contributed by atoms with van der Waals surface area (Å²) in [4.78, 5) is 0. The third kappa shape index (κ3) is 2.28. The van der Waals surface area contributed by atoms with Crippen LogP contribution in [-0.4, -0.2) is 51.5 Å².